The first-order valence-corrected chi connectivity index (χ1v) is 10.7. The predicted molar refractivity (Wildman–Crippen MR) is 123 cm³/mol. The summed E-state index contributed by atoms with van der Waals surface area (Å²) < 4.78 is 14.9. The first kappa shape index (κ1) is 21.8. The Balaban J connectivity index is 1.73. The number of anilines is 2. The first-order chi connectivity index (χ1) is 15.2. The van der Waals surface area contributed by atoms with Crippen molar-refractivity contribution in [1.82, 2.24) is 10.3 Å². The van der Waals surface area contributed by atoms with E-state index < -0.39 is 17.3 Å². The SMILES string of the molecule is [C-]#[N+]c1ncc(N2C(=O)C3(CCC3)N(c3ccc(C(=O)NC(C)C)c(F)c3)C2=S)cc1C. The van der Waals surface area contributed by atoms with E-state index >= 15 is 0 Å². The number of amides is 2. The molecule has 2 heterocycles. The third-order valence-corrected chi connectivity index (χ3v) is 6.23. The lowest BCUT2D eigenvalue weighted by Crippen LogP contribution is -2.55. The minimum absolute atomic E-state index is 0.0621. The Hall–Kier alpha value is -3.38. The molecule has 4 rings (SSSR count). The van der Waals surface area contributed by atoms with Gasteiger partial charge >= 0.3 is 0 Å². The molecule has 2 aliphatic rings. The van der Waals surface area contributed by atoms with Gasteiger partial charge in [0.2, 0.25) is 0 Å². The summed E-state index contributed by atoms with van der Waals surface area (Å²) in [6.07, 6.45) is 3.49. The van der Waals surface area contributed by atoms with Crippen LogP contribution in [0.15, 0.2) is 30.5 Å². The molecule has 1 aromatic carbocycles. The second-order valence-electron chi connectivity index (χ2n) is 8.38. The van der Waals surface area contributed by atoms with Gasteiger partial charge in [0.05, 0.1) is 11.3 Å². The molecule has 1 aromatic heterocycles. The van der Waals surface area contributed by atoms with Gasteiger partial charge in [-0.1, -0.05) is 6.57 Å². The number of nitrogens with one attached hydrogen (secondary N) is 1. The lowest BCUT2D eigenvalue weighted by atomic mass is 9.75. The van der Waals surface area contributed by atoms with Crippen molar-refractivity contribution < 1.29 is 14.0 Å². The van der Waals surface area contributed by atoms with Crippen LogP contribution in [0.1, 0.15) is 49.0 Å². The summed E-state index contributed by atoms with van der Waals surface area (Å²) in [6, 6.07) is 5.88. The van der Waals surface area contributed by atoms with Crippen LogP contribution in [0.25, 0.3) is 4.85 Å². The molecule has 1 spiro atoms. The van der Waals surface area contributed by atoms with Gasteiger partial charge in [0, 0.05) is 11.7 Å². The first-order valence-electron chi connectivity index (χ1n) is 10.3. The summed E-state index contributed by atoms with van der Waals surface area (Å²) in [5, 5.41) is 2.90. The number of aryl methyl sites for hydroxylation is 1. The molecule has 1 aliphatic carbocycles. The number of thiocarbonyl (C=S) groups is 1. The van der Waals surface area contributed by atoms with Crippen LogP contribution >= 0.6 is 12.2 Å². The highest BCUT2D eigenvalue weighted by Gasteiger charge is 2.59. The van der Waals surface area contributed by atoms with Crippen LogP contribution in [-0.2, 0) is 4.79 Å². The van der Waals surface area contributed by atoms with Crippen LogP contribution in [0.5, 0.6) is 0 Å². The Bertz CT molecular complexity index is 1190. The molecule has 2 fully saturated rings. The zero-order valence-corrected chi connectivity index (χ0v) is 18.8. The second kappa shape index (κ2) is 7.95. The van der Waals surface area contributed by atoms with Gasteiger partial charge in [-0.05, 0) is 82.1 Å². The van der Waals surface area contributed by atoms with Gasteiger partial charge in [-0.15, -0.1) is 4.98 Å². The molecule has 1 saturated heterocycles. The Morgan fingerprint density at radius 1 is 1.31 bits per heavy atom. The van der Waals surface area contributed by atoms with Gasteiger partial charge in [-0.2, -0.15) is 0 Å². The molecule has 1 aliphatic heterocycles. The maximum Gasteiger partial charge on any atom is 0.272 e. The van der Waals surface area contributed by atoms with E-state index in [4.69, 9.17) is 18.8 Å². The van der Waals surface area contributed by atoms with Gasteiger partial charge in [-0.3, -0.25) is 14.5 Å². The third kappa shape index (κ3) is 3.31. The average Bonchev–Trinajstić information content (AvgIpc) is 2.94. The van der Waals surface area contributed by atoms with Crippen LogP contribution < -0.4 is 15.1 Å². The Labute approximate surface area is 191 Å². The minimum atomic E-state index is -0.877. The standard InChI is InChI=1S/C23H22FN5O2S/c1-13(2)27-20(30)17-7-6-15(11-18(17)24)29-22(32)28(21(31)23(29)8-5-9-23)16-10-14(3)19(25-4)26-12-16/h6-7,10-13H,5,8-9H2,1-3H3,(H,27,30). The van der Waals surface area contributed by atoms with Crippen LogP contribution in [0.4, 0.5) is 21.6 Å². The van der Waals surface area contributed by atoms with Crippen molar-refractivity contribution in [2.24, 2.45) is 0 Å². The van der Waals surface area contributed by atoms with E-state index in [2.05, 4.69) is 15.1 Å². The van der Waals surface area contributed by atoms with Crippen molar-refractivity contribution in [2.75, 3.05) is 9.80 Å². The van der Waals surface area contributed by atoms with Crippen molar-refractivity contribution in [3.8, 4) is 0 Å². The lowest BCUT2D eigenvalue weighted by Gasteiger charge is -2.43. The number of pyridine rings is 1. The van der Waals surface area contributed by atoms with E-state index in [1.165, 1.54) is 23.2 Å². The van der Waals surface area contributed by atoms with Gasteiger partial charge in [0.25, 0.3) is 17.6 Å². The van der Waals surface area contributed by atoms with E-state index in [0.717, 1.165) is 6.42 Å². The largest absolute Gasteiger partial charge is 0.360 e. The van der Waals surface area contributed by atoms with Gasteiger partial charge in [-0.25, -0.2) is 4.39 Å². The highest BCUT2D eigenvalue weighted by atomic mass is 32.1. The third-order valence-electron chi connectivity index (χ3n) is 5.87. The molecule has 32 heavy (non-hydrogen) atoms. The van der Waals surface area contributed by atoms with Gasteiger partial charge in [0.1, 0.15) is 17.6 Å². The molecule has 2 aromatic rings. The molecule has 164 valence electrons. The average molecular weight is 452 g/mol. The molecule has 0 bridgehead atoms. The zero-order chi connectivity index (χ0) is 23.2. The maximum absolute atomic E-state index is 14.9. The molecule has 0 radical (unpaired) electrons. The normalized spacial score (nSPS) is 17.0. The van der Waals surface area contributed by atoms with Crippen molar-refractivity contribution in [3.05, 3.63) is 58.8 Å². The molecular weight excluding hydrogens is 429 g/mol. The summed E-state index contributed by atoms with van der Waals surface area (Å²) in [5.74, 6) is -1.10. The number of nitrogens with zero attached hydrogens (tertiary/aromatic N) is 4. The number of hydrogen-bond acceptors (Lipinski definition) is 4. The van der Waals surface area contributed by atoms with Crippen LogP contribution in [-0.4, -0.2) is 33.5 Å². The predicted octanol–water partition coefficient (Wildman–Crippen LogP) is 4.28. The fourth-order valence-electron chi connectivity index (χ4n) is 4.17. The molecule has 0 atom stereocenters. The zero-order valence-electron chi connectivity index (χ0n) is 18.0. The summed E-state index contributed by atoms with van der Waals surface area (Å²) in [7, 11) is 0. The van der Waals surface area contributed by atoms with Crippen molar-refractivity contribution in [2.45, 2.75) is 51.6 Å². The van der Waals surface area contributed by atoms with Crippen molar-refractivity contribution in [1.29, 1.82) is 0 Å². The van der Waals surface area contributed by atoms with E-state index in [0.29, 0.717) is 29.8 Å². The number of benzene rings is 1. The summed E-state index contributed by atoms with van der Waals surface area (Å²) in [4.78, 5) is 36.4. The quantitative estimate of drug-likeness (QED) is 0.555. The number of carbonyl (C=O) groups excluding carboxylic acids is 2. The topological polar surface area (TPSA) is 69.9 Å². The van der Waals surface area contributed by atoms with Gasteiger partial charge < -0.3 is 15.1 Å². The van der Waals surface area contributed by atoms with Crippen LogP contribution in [0, 0.1) is 19.3 Å². The number of halogens is 1. The number of rotatable bonds is 4. The molecule has 9 heteroatoms. The fourth-order valence-corrected chi connectivity index (χ4v) is 4.64. The van der Waals surface area contributed by atoms with E-state index in [9.17, 15) is 14.0 Å². The summed E-state index contributed by atoms with van der Waals surface area (Å²) in [6.45, 7) is 12.5. The molecule has 1 N–H and O–H groups in total. The molecular formula is C23H22FN5O2S. The van der Waals surface area contributed by atoms with Crippen LogP contribution in [0.2, 0.25) is 0 Å². The fraction of sp³-hybridized carbons (Fsp3) is 0.348. The summed E-state index contributed by atoms with van der Waals surface area (Å²) >= 11 is 5.68. The molecule has 2 amide bonds. The number of aromatic nitrogens is 1. The van der Waals surface area contributed by atoms with E-state index in [-0.39, 0.29) is 28.4 Å². The van der Waals surface area contributed by atoms with Gasteiger partial charge in [0.15, 0.2) is 5.11 Å². The van der Waals surface area contributed by atoms with Crippen molar-refractivity contribution in [3.63, 3.8) is 0 Å². The van der Waals surface area contributed by atoms with E-state index in [1.807, 2.05) is 0 Å². The monoisotopic (exact) mass is 451 g/mol. The van der Waals surface area contributed by atoms with Crippen LogP contribution in [0.3, 0.4) is 0 Å². The molecule has 7 nitrogen and oxygen atoms in total. The minimum Gasteiger partial charge on any atom is -0.360 e. The smallest absolute Gasteiger partial charge is 0.272 e. The Kier molecular flexibility index (Phi) is 5.42. The molecule has 0 unspecified atom stereocenters. The number of carbonyl (C=O) groups is 2. The second-order valence-corrected chi connectivity index (χ2v) is 8.75. The van der Waals surface area contributed by atoms with E-state index in [1.54, 1.807) is 37.8 Å². The highest BCUT2D eigenvalue weighted by molar-refractivity contribution is 7.81. The Morgan fingerprint density at radius 2 is 2.03 bits per heavy atom. The summed E-state index contributed by atoms with van der Waals surface area (Å²) in [5.41, 5.74) is 0.602. The van der Waals surface area contributed by atoms with Crippen molar-refractivity contribution >= 4 is 46.3 Å². The molecule has 1 saturated carbocycles. The lowest BCUT2D eigenvalue weighted by molar-refractivity contribution is -0.123. The highest BCUT2D eigenvalue weighted by Crippen LogP contribution is 2.48. The number of hydrogen-bond donors (Lipinski definition) is 1. The Morgan fingerprint density at radius 3 is 2.56 bits per heavy atom. The maximum atomic E-state index is 14.9.